The summed E-state index contributed by atoms with van der Waals surface area (Å²) in [7, 11) is 0.729. The smallest absolute Gasteiger partial charge is 0.194 e. The summed E-state index contributed by atoms with van der Waals surface area (Å²) >= 11 is 0. The third-order valence-electron chi connectivity index (χ3n) is 3.63. The summed E-state index contributed by atoms with van der Waals surface area (Å²) in [6.07, 6.45) is 0. The predicted molar refractivity (Wildman–Crippen MR) is 92.9 cm³/mol. The lowest BCUT2D eigenvalue weighted by molar-refractivity contribution is -0.617. The number of pyridine rings is 1. The number of aryl methyl sites for hydroxylation is 1. The molecule has 0 fully saturated rings. The van der Waals surface area contributed by atoms with E-state index in [0.717, 1.165) is 0 Å². The minimum Gasteiger partial charge on any atom is -0.194 e. The number of fused-ring (bicyclic) bond motifs is 2. The topological polar surface area (TPSA) is 3.88 Å². The van der Waals surface area contributed by atoms with Gasteiger partial charge in [0.2, 0.25) is 11.0 Å². The van der Waals surface area contributed by atoms with Gasteiger partial charge in [-0.05, 0) is 12.1 Å². The lowest BCUT2D eigenvalue weighted by atomic mass is 10.0. The van der Waals surface area contributed by atoms with E-state index in [4.69, 9.17) is 0 Å². The van der Waals surface area contributed by atoms with Gasteiger partial charge < -0.3 is 0 Å². The maximum atomic E-state index is 3.52. The highest BCUT2D eigenvalue weighted by Crippen LogP contribution is 2.23. The Kier molecular flexibility index (Phi) is 3.31. The SMILES string of the molecule is C[n+]1c2ccccc2c(C#C[Si](C)(C)C)c2ccccc21. The monoisotopic (exact) mass is 290 g/mol. The van der Waals surface area contributed by atoms with Crippen molar-refractivity contribution < 1.29 is 4.57 Å². The van der Waals surface area contributed by atoms with Gasteiger partial charge in [0.15, 0.2) is 0 Å². The van der Waals surface area contributed by atoms with Crippen LogP contribution in [0.4, 0.5) is 0 Å². The maximum Gasteiger partial charge on any atom is 0.214 e. The summed E-state index contributed by atoms with van der Waals surface area (Å²) in [6, 6.07) is 17.1. The van der Waals surface area contributed by atoms with Gasteiger partial charge in [0, 0.05) is 12.1 Å². The molecule has 2 aromatic carbocycles. The van der Waals surface area contributed by atoms with Crippen LogP contribution in [0.2, 0.25) is 19.6 Å². The molecule has 0 radical (unpaired) electrons. The summed E-state index contributed by atoms with van der Waals surface area (Å²) in [4.78, 5) is 0. The van der Waals surface area contributed by atoms with Gasteiger partial charge >= 0.3 is 0 Å². The minimum atomic E-state index is -1.40. The van der Waals surface area contributed by atoms with Gasteiger partial charge in [-0.2, -0.15) is 4.57 Å². The molecule has 0 saturated carbocycles. The van der Waals surface area contributed by atoms with Crippen LogP contribution in [0.3, 0.4) is 0 Å². The van der Waals surface area contributed by atoms with Crippen LogP contribution in [0.15, 0.2) is 48.5 Å². The van der Waals surface area contributed by atoms with E-state index in [1.54, 1.807) is 0 Å². The Morgan fingerprint density at radius 2 is 1.29 bits per heavy atom. The molecule has 0 spiro atoms. The standard InChI is InChI=1S/C19H20NSi/c1-20-18-11-7-5-9-16(18)15(13-14-21(2,3)4)17-10-6-8-12-19(17)20/h5-12H,1-4H3/q+1. The average Bonchev–Trinajstić information content (AvgIpc) is 2.46. The first-order valence-corrected chi connectivity index (χ1v) is 10.8. The summed E-state index contributed by atoms with van der Waals surface area (Å²) in [5.74, 6) is 3.50. The van der Waals surface area contributed by atoms with Gasteiger partial charge in [0.25, 0.3) is 0 Å². The third-order valence-corrected chi connectivity index (χ3v) is 4.51. The number of benzene rings is 2. The molecule has 21 heavy (non-hydrogen) atoms. The number of hydrogen-bond donors (Lipinski definition) is 0. The van der Waals surface area contributed by atoms with E-state index in [0.29, 0.717) is 0 Å². The lowest BCUT2D eigenvalue weighted by Gasteiger charge is -2.07. The maximum absolute atomic E-state index is 3.52. The molecule has 0 aliphatic heterocycles. The van der Waals surface area contributed by atoms with Crippen LogP contribution in [0, 0.1) is 11.5 Å². The van der Waals surface area contributed by atoms with Gasteiger partial charge in [0.05, 0.1) is 16.3 Å². The number of para-hydroxylation sites is 2. The van der Waals surface area contributed by atoms with Gasteiger partial charge in [0.1, 0.15) is 15.1 Å². The van der Waals surface area contributed by atoms with Crippen molar-refractivity contribution in [2.75, 3.05) is 0 Å². The summed E-state index contributed by atoms with van der Waals surface area (Å²) in [5, 5.41) is 2.48. The highest BCUT2D eigenvalue weighted by molar-refractivity contribution is 6.83. The van der Waals surface area contributed by atoms with E-state index in [-0.39, 0.29) is 0 Å². The number of nitrogens with zero attached hydrogens (tertiary/aromatic N) is 1. The molecule has 0 amide bonds. The zero-order valence-electron chi connectivity index (χ0n) is 13.1. The Labute approximate surface area is 127 Å². The molecule has 0 aliphatic carbocycles. The van der Waals surface area contributed by atoms with E-state index in [9.17, 15) is 0 Å². The van der Waals surface area contributed by atoms with Crippen molar-refractivity contribution in [2.45, 2.75) is 19.6 Å². The van der Waals surface area contributed by atoms with Crippen molar-refractivity contribution in [3.8, 4) is 11.5 Å². The second-order valence-corrected chi connectivity index (χ2v) is 11.2. The molecule has 1 heterocycles. The molecule has 0 bridgehead atoms. The molecule has 104 valence electrons. The second kappa shape index (κ2) is 5.02. The molecular weight excluding hydrogens is 270 g/mol. The van der Waals surface area contributed by atoms with Crippen LogP contribution in [-0.4, -0.2) is 8.07 Å². The predicted octanol–water partition coefficient (Wildman–Crippen LogP) is 4.05. The molecule has 0 unspecified atom stereocenters. The van der Waals surface area contributed by atoms with Crippen molar-refractivity contribution >= 4 is 29.9 Å². The van der Waals surface area contributed by atoms with Crippen LogP contribution >= 0.6 is 0 Å². The van der Waals surface area contributed by atoms with Crippen LogP contribution in [0.25, 0.3) is 21.8 Å². The average molecular weight is 290 g/mol. The van der Waals surface area contributed by atoms with Crippen LogP contribution < -0.4 is 4.57 Å². The molecule has 3 aromatic rings. The van der Waals surface area contributed by atoms with Crippen molar-refractivity contribution in [2.24, 2.45) is 7.05 Å². The Hall–Kier alpha value is -2.11. The Morgan fingerprint density at radius 1 is 0.810 bits per heavy atom. The summed E-state index contributed by atoms with van der Waals surface area (Å²) < 4.78 is 2.25. The molecule has 2 heteroatoms. The lowest BCUT2D eigenvalue weighted by Crippen LogP contribution is -2.30. The first-order chi connectivity index (χ1) is 9.97. The van der Waals surface area contributed by atoms with Crippen LogP contribution in [0.5, 0.6) is 0 Å². The molecule has 0 saturated heterocycles. The van der Waals surface area contributed by atoms with Gasteiger partial charge in [-0.3, -0.25) is 0 Å². The Balaban J connectivity index is 2.48. The number of aromatic nitrogens is 1. The van der Waals surface area contributed by atoms with Crippen LogP contribution in [0.1, 0.15) is 5.56 Å². The van der Waals surface area contributed by atoms with Crippen molar-refractivity contribution in [3.05, 3.63) is 54.1 Å². The van der Waals surface area contributed by atoms with E-state index in [2.05, 4.69) is 91.3 Å². The molecule has 0 atom stereocenters. The third kappa shape index (κ3) is 2.57. The molecule has 0 N–H and O–H groups in total. The van der Waals surface area contributed by atoms with Crippen molar-refractivity contribution in [1.82, 2.24) is 0 Å². The second-order valence-electron chi connectivity index (χ2n) is 6.47. The number of rotatable bonds is 0. The number of hydrogen-bond acceptors (Lipinski definition) is 0. The zero-order valence-corrected chi connectivity index (χ0v) is 14.1. The van der Waals surface area contributed by atoms with E-state index in [1.165, 1.54) is 27.4 Å². The van der Waals surface area contributed by atoms with Gasteiger partial charge in [-0.25, -0.2) is 0 Å². The fourth-order valence-corrected chi connectivity index (χ4v) is 3.11. The van der Waals surface area contributed by atoms with E-state index < -0.39 is 8.07 Å². The quantitative estimate of drug-likeness (QED) is 0.254. The molecule has 0 aliphatic rings. The van der Waals surface area contributed by atoms with Gasteiger partial charge in [-0.15, -0.1) is 5.54 Å². The first kappa shape index (κ1) is 13.9. The molecule has 1 aromatic heterocycles. The van der Waals surface area contributed by atoms with Gasteiger partial charge in [-0.1, -0.05) is 49.8 Å². The van der Waals surface area contributed by atoms with E-state index in [1.807, 2.05) is 0 Å². The minimum absolute atomic E-state index is 1.17. The zero-order chi connectivity index (χ0) is 15.0. The van der Waals surface area contributed by atoms with E-state index >= 15 is 0 Å². The fourth-order valence-electron chi connectivity index (χ4n) is 2.61. The normalized spacial score (nSPS) is 11.4. The molecule has 1 nitrogen and oxygen atoms in total. The largest absolute Gasteiger partial charge is 0.214 e. The summed E-state index contributed by atoms with van der Waals surface area (Å²) in [6.45, 7) is 6.86. The molecular formula is C19H20NSi+. The van der Waals surface area contributed by atoms with Crippen molar-refractivity contribution in [3.63, 3.8) is 0 Å². The van der Waals surface area contributed by atoms with Crippen molar-refractivity contribution in [1.29, 1.82) is 0 Å². The molecule has 3 rings (SSSR count). The Morgan fingerprint density at radius 3 is 1.76 bits per heavy atom. The summed E-state index contributed by atoms with van der Waals surface area (Å²) in [5.41, 5.74) is 7.15. The van der Waals surface area contributed by atoms with Crippen LogP contribution in [-0.2, 0) is 7.05 Å². The fraction of sp³-hybridized carbons (Fsp3) is 0.211. The highest BCUT2D eigenvalue weighted by Gasteiger charge is 2.16. The highest BCUT2D eigenvalue weighted by atomic mass is 28.3. The first-order valence-electron chi connectivity index (χ1n) is 7.30. The Bertz CT molecular complexity index is 835.